The third-order valence-electron chi connectivity index (χ3n) is 10.5. The van der Waals surface area contributed by atoms with Crippen molar-refractivity contribution < 1.29 is 119 Å². The molecule has 0 saturated carbocycles. The highest BCUT2D eigenvalue weighted by molar-refractivity contribution is 5.84. The van der Waals surface area contributed by atoms with Crippen molar-refractivity contribution in [1.82, 2.24) is 0 Å². The molecule has 0 aliphatic carbocycles. The van der Waals surface area contributed by atoms with Crippen molar-refractivity contribution in [3.8, 4) is 33.4 Å². The third-order valence-corrected chi connectivity index (χ3v) is 10.5. The quantitative estimate of drug-likeness (QED) is 0.150. The summed E-state index contributed by atoms with van der Waals surface area (Å²) in [6.07, 6.45) is -53.0. The molecule has 0 aliphatic heterocycles. The molecule has 0 fully saturated rings. The molecule has 0 N–H and O–H groups in total. The van der Waals surface area contributed by atoms with E-state index in [1.807, 2.05) is 0 Å². The summed E-state index contributed by atoms with van der Waals surface area (Å²) in [4.78, 5) is 0.684. The van der Waals surface area contributed by atoms with E-state index in [0.717, 1.165) is 0 Å². The lowest BCUT2D eigenvalue weighted by Crippen LogP contribution is -2.18. The number of nitrogens with zero attached hydrogens (tertiary/aromatic N) is 1. The Hall–Kier alpha value is -6.77. The second-order valence-electron chi connectivity index (χ2n) is 15.3. The Morgan fingerprint density at radius 1 is 0.205 bits per heavy atom. The molecule has 6 rings (SSSR count). The van der Waals surface area contributed by atoms with Crippen molar-refractivity contribution in [1.29, 1.82) is 0 Å². The molecule has 73 heavy (non-hydrogen) atoms. The average Bonchev–Trinajstić information content (AvgIpc) is 3.23. The molecular formula is C45H18F27N. The lowest BCUT2D eigenvalue weighted by Gasteiger charge is -2.27. The Kier molecular flexibility index (Phi) is 13.7. The second-order valence-corrected chi connectivity index (χ2v) is 15.3. The van der Waals surface area contributed by atoms with Gasteiger partial charge >= 0.3 is 55.6 Å². The highest BCUT2D eigenvalue weighted by Gasteiger charge is 2.48. The normalized spacial score (nSPS) is 13.7. The van der Waals surface area contributed by atoms with Crippen molar-refractivity contribution in [2.75, 3.05) is 4.90 Å². The monoisotopic (exact) mass is 1090 g/mol. The number of rotatable bonds is 6. The summed E-state index contributed by atoms with van der Waals surface area (Å²) in [5.74, 6) is 0. The molecule has 0 saturated heterocycles. The summed E-state index contributed by atoms with van der Waals surface area (Å²) in [5.41, 5.74) is -32.9. The minimum atomic E-state index is -5.94. The number of hydrogen-bond donors (Lipinski definition) is 0. The highest BCUT2D eigenvalue weighted by atomic mass is 19.4. The van der Waals surface area contributed by atoms with Gasteiger partial charge in [0.15, 0.2) is 0 Å². The second kappa shape index (κ2) is 18.0. The zero-order chi connectivity index (χ0) is 55.2. The lowest BCUT2D eigenvalue weighted by molar-refractivity contribution is -0.150. The van der Waals surface area contributed by atoms with E-state index in [1.54, 1.807) is 0 Å². The van der Waals surface area contributed by atoms with E-state index in [9.17, 15) is 119 Å². The van der Waals surface area contributed by atoms with Gasteiger partial charge in [0.1, 0.15) is 0 Å². The predicted molar refractivity (Wildman–Crippen MR) is 202 cm³/mol. The van der Waals surface area contributed by atoms with Crippen LogP contribution in [0, 0.1) is 0 Å². The number of hydrogen-bond acceptors (Lipinski definition) is 1. The van der Waals surface area contributed by atoms with E-state index in [4.69, 9.17) is 0 Å². The van der Waals surface area contributed by atoms with E-state index in [2.05, 4.69) is 0 Å². The zero-order valence-electron chi connectivity index (χ0n) is 34.5. The Morgan fingerprint density at radius 2 is 0.356 bits per heavy atom. The van der Waals surface area contributed by atoms with Crippen LogP contribution < -0.4 is 4.90 Å². The molecule has 392 valence electrons. The fourth-order valence-corrected chi connectivity index (χ4v) is 7.47. The van der Waals surface area contributed by atoms with Crippen LogP contribution in [0.2, 0.25) is 0 Å². The van der Waals surface area contributed by atoms with Crippen LogP contribution in [-0.4, -0.2) is 0 Å². The van der Waals surface area contributed by atoms with Crippen molar-refractivity contribution in [3.63, 3.8) is 0 Å². The van der Waals surface area contributed by atoms with Gasteiger partial charge < -0.3 is 4.90 Å². The van der Waals surface area contributed by atoms with Crippen LogP contribution in [-0.2, 0) is 55.6 Å². The Bertz CT molecular complexity index is 2560. The molecule has 0 radical (unpaired) electrons. The highest BCUT2D eigenvalue weighted by Crippen LogP contribution is 2.52. The molecule has 0 amide bonds. The van der Waals surface area contributed by atoms with Crippen LogP contribution in [0.25, 0.3) is 33.4 Å². The molecule has 1 nitrogen and oxygen atoms in total. The standard InChI is InChI=1S/C45H18F27N/c46-37(47,48)22-13-28(40(55,56)57)34(29(14-22)41(58,59)60)19-1-7-25(8-2-19)73(26-9-3-20(4-10-26)35-30(42(61,62)63)15-23(38(49,50)51)16-31(35)43(64,65)66)27-11-5-21(6-12-27)36-32(44(67,68)69)17-24(39(52,53)54)18-33(36)45(70,71)72/h1-18H. The first-order valence-corrected chi connectivity index (χ1v) is 19.2. The van der Waals surface area contributed by atoms with Gasteiger partial charge in [-0.1, -0.05) is 36.4 Å². The topological polar surface area (TPSA) is 3.24 Å². The zero-order valence-corrected chi connectivity index (χ0v) is 34.5. The molecule has 0 bridgehead atoms. The van der Waals surface area contributed by atoms with Gasteiger partial charge in [0.25, 0.3) is 0 Å². The summed E-state index contributed by atoms with van der Waals surface area (Å²) >= 11 is 0. The summed E-state index contributed by atoms with van der Waals surface area (Å²) in [6.45, 7) is 0. The first kappa shape index (κ1) is 55.5. The first-order valence-electron chi connectivity index (χ1n) is 19.2. The molecule has 6 aromatic rings. The molecule has 0 heterocycles. The number of benzene rings is 6. The van der Waals surface area contributed by atoms with Crippen LogP contribution in [0.4, 0.5) is 136 Å². The van der Waals surface area contributed by atoms with Crippen molar-refractivity contribution in [3.05, 3.63) is 159 Å². The molecule has 0 spiro atoms. The number of halogens is 27. The molecule has 6 aromatic carbocycles. The maximum atomic E-state index is 14.2. The minimum absolute atomic E-state index is 0.416. The maximum Gasteiger partial charge on any atom is 0.417 e. The summed E-state index contributed by atoms with van der Waals surface area (Å²) in [5, 5.41) is 0. The van der Waals surface area contributed by atoms with E-state index in [-0.39, 0.29) is 0 Å². The van der Waals surface area contributed by atoms with Gasteiger partial charge in [0, 0.05) is 33.8 Å². The average molecular weight is 1090 g/mol. The molecule has 0 aromatic heterocycles. The van der Waals surface area contributed by atoms with Crippen molar-refractivity contribution in [2.24, 2.45) is 0 Å². The van der Waals surface area contributed by atoms with Crippen LogP contribution in [0.1, 0.15) is 50.1 Å². The summed E-state index contributed by atoms with van der Waals surface area (Å²) in [6, 6.07) is 2.15. The van der Waals surface area contributed by atoms with Gasteiger partial charge in [-0.3, -0.25) is 0 Å². The molecule has 0 aliphatic rings. The smallest absolute Gasteiger partial charge is 0.311 e. The third kappa shape index (κ3) is 11.7. The number of anilines is 3. The molecule has 0 atom stereocenters. The Labute approximate surface area is 388 Å². The Morgan fingerprint density at radius 3 is 0.479 bits per heavy atom. The van der Waals surface area contributed by atoms with E-state index < -0.39 is 192 Å². The largest absolute Gasteiger partial charge is 0.417 e. The van der Waals surface area contributed by atoms with E-state index in [1.165, 1.54) is 0 Å². The van der Waals surface area contributed by atoms with Gasteiger partial charge in [0.05, 0.1) is 50.1 Å². The Balaban J connectivity index is 1.62. The lowest BCUT2D eigenvalue weighted by atomic mass is 9.90. The van der Waals surface area contributed by atoms with Crippen molar-refractivity contribution >= 4 is 17.1 Å². The van der Waals surface area contributed by atoms with Gasteiger partial charge in [-0.15, -0.1) is 0 Å². The van der Waals surface area contributed by atoms with Crippen LogP contribution in [0.15, 0.2) is 109 Å². The summed E-state index contributed by atoms with van der Waals surface area (Å²) in [7, 11) is 0. The van der Waals surface area contributed by atoms with Crippen LogP contribution >= 0.6 is 0 Å². The van der Waals surface area contributed by atoms with Gasteiger partial charge in [0.2, 0.25) is 0 Å². The van der Waals surface area contributed by atoms with Crippen molar-refractivity contribution in [2.45, 2.75) is 55.6 Å². The molecular weight excluding hydrogens is 1070 g/mol. The number of alkyl halides is 27. The summed E-state index contributed by atoms with van der Waals surface area (Å²) < 4.78 is 378. The first-order chi connectivity index (χ1) is 32.9. The fourth-order valence-electron chi connectivity index (χ4n) is 7.47. The van der Waals surface area contributed by atoms with Crippen LogP contribution in [0.5, 0.6) is 0 Å². The molecule has 28 heteroatoms. The van der Waals surface area contributed by atoms with E-state index >= 15 is 0 Å². The molecule has 0 unspecified atom stereocenters. The maximum absolute atomic E-state index is 14.2. The van der Waals surface area contributed by atoms with Gasteiger partial charge in [-0.2, -0.15) is 119 Å². The fraction of sp³-hybridized carbons (Fsp3) is 0.200. The minimum Gasteiger partial charge on any atom is -0.311 e. The van der Waals surface area contributed by atoms with Crippen LogP contribution in [0.3, 0.4) is 0 Å². The van der Waals surface area contributed by atoms with Gasteiger partial charge in [-0.05, 0) is 89.5 Å². The predicted octanol–water partition coefficient (Wildman–Crippen LogP) is 19.3. The van der Waals surface area contributed by atoms with Gasteiger partial charge in [-0.25, -0.2) is 0 Å². The van der Waals surface area contributed by atoms with E-state index in [0.29, 0.717) is 77.7 Å². The SMILES string of the molecule is FC(F)(F)c1cc(C(F)(F)F)c(-c2ccc(N(c3ccc(-c4c(C(F)(F)F)cc(C(F)(F)F)cc4C(F)(F)F)cc3)c3ccc(-c4c(C(F)(F)F)cc(C(F)(F)F)cc4C(F)(F)F)cc3)cc2)c(C(F)(F)F)c1.